The molecule has 3 heteroatoms. The molecule has 0 bridgehead atoms. The Morgan fingerprint density at radius 1 is 0.667 bits per heavy atom. The van der Waals surface area contributed by atoms with Crippen LogP contribution in [0.15, 0.2) is 97.1 Å². The Morgan fingerprint density at radius 2 is 1.18 bits per heavy atom. The van der Waals surface area contributed by atoms with Crippen molar-refractivity contribution in [1.29, 1.82) is 0 Å². The molecule has 33 heavy (non-hydrogen) atoms. The number of methoxy groups -OCH3 is 1. The van der Waals surface area contributed by atoms with Crippen LogP contribution in [0.2, 0.25) is 0 Å². The molecule has 0 saturated carbocycles. The van der Waals surface area contributed by atoms with Gasteiger partial charge in [-0.25, -0.2) is 4.79 Å². The summed E-state index contributed by atoms with van der Waals surface area (Å²) in [5.41, 5.74) is 5.60. The molecule has 4 aromatic carbocycles. The van der Waals surface area contributed by atoms with E-state index in [1.807, 2.05) is 49.4 Å². The SMILES string of the molecule is COc1ccc(C(C)(c2ccccc2)c2ccc(OC(=O)c3ccccc3)c(C)c2)cc1C. The van der Waals surface area contributed by atoms with Crippen molar-refractivity contribution in [2.24, 2.45) is 0 Å². The number of rotatable bonds is 6. The molecule has 0 N–H and O–H groups in total. The minimum Gasteiger partial charge on any atom is -0.496 e. The van der Waals surface area contributed by atoms with Gasteiger partial charge in [0.1, 0.15) is 11.5 Å². The van der Waals surface area contributed by atoms with E-state index in [2.05, 4.69) is 56.3 Å². The van der Waals surface area contributed by atoms with Gasteiger partial charge < -0.3 is 9.47 Å². The molecule has 4 rings (SSSR count). The first-order valence-corrected chi connectivity index (χ1v) is 11.0. The largest absolute Gasteiger partial charge is 0.496 e. The second kappa shape index (κ2) is 9.33. The third-order valence-electron chi connectivity index (χ3n) is 6.29. The van der Waals surface area contributed by atoms with Gasteiger partial charge in [-0.1, -0.05) is 72.8 Å². The molecule has 4 aromatic rings. The second-order valence-corrected chi connectivity index (χ2v) is 8.41. The highest BCUT2D eigenvalue weighted by atomic mass is 16.5. The number of benzene rings is 4. The normalized spacial score (nSPS) is 12.6. The van der Waals surface area contributed by atoms with E-state index in [9.17, 15) is 4.79 Å². The first-order valence-electron chi connectivity index (χ1n) is 11.0. The van der Waals surface area contributed by atoms with E-state index in [0.29, 0.717) is 11.3 Å². The van der Waals surface area contributed by atoms with Gasteiger partial charge in [-0.05, 0) is 72.9 Å². The van der Waals surface area contributed by atoms with E-state index in [4.69, 9.17) is 9.47 Å². The minimum absolute atomic E-state index is 0.358. The van der Waals surface area contributed by atoms with E-state index in [0.717, 1.165) is 22.4 Å². The maximum absolute atomic E-state index is 12.6. The molecule has 0 aromatic heterocycles. The van der Waals surface area contributed by atoms with Crippen molar-refractivity contribution >= 4 is 5.97 Å². The van der Waals surface area contributed by atoms with Gasteiger partial charge in [-0.2, -0.15) is 0 Å². The third kappa shape index (κ3) is 4.40. The molecular formula is C30H28O3. The number of hydrogen-bond donors (Lipinski definition) is 0. The van der Waals surface area contributed by atoms with Crippen molar-refractivity contribution in [2.45, 2.75) is 26.2 Å². The van der Waals surface area contributed by atoms with Gasteiger partial charge in [-0.3, -0.25) is 0 Å². The van der Waals surface area contributed by atoms with Gasteiger partial charge in [0.25, 0.3) is 0 Å². The van der Waals surface area contributed by atoms with Gasteiger partial charge in [0.2, 0.25) is 0 Å². The van der Waals surface area contributed by atoms with Crippen molar-refractivity contribution in [3.05, 3.63) is 130 Å². The van der Waals surface area contributed by atoms with Crippen molar-refractivity contribution in [2.75, 3.05) is 7.11 Å². The van der Waals surface area contributed by atoms with Crippen LogP contribution in [0.25, 0.3) is 0 Å². The van der Waals surface area contributed by atoms with Crippen LogP contribution in [0.3, 0.4) is 0 Å². The van der Waals surface area contributed by atoms with Gasteiger partial charge in [0.05, 0.1) is 12.7 Å². The third-order valence-corrected chi connectivity index (χ3v) is 6.29. The number of ether oxygens (including phenoxy) is 2. The molecule has 1 atom stereocenters. The zero-order chi connectivity index (χ0) is 23.4. The molecule has 1 unspecified atom stereocenters. The fourth-order valence-corrected chi connectivity index (χ4v) is 4.27. The molecule has 0 radical (unpaired) electrons. The van der Waals surface area contributed by atoms with Crippen molar-refractivity contribution in [1.82, 2.24) is 0 Å². The molecule has 3 nitrogen and oxygen atoms in total. The van der Waals surface area contributed by atoms with Crippen molar-refractivity contribution in [3.8, 4) is 11.5 Å². The highest BCUT2D eigenvalue weighted by molar-refractivity contribution is 5.91. The molecule has 0 fully saturated rings. The van der Waals surface area contributed by atoms with Crippen LogP contribution in [-0.2, 0) is 5.41 Å². The Kier molecular flexibility index (Phi) is 6.32. The molecule has 0 spiro atoms. The highest BCUT2D eigenvalue weighted by Crippen LogP contribution is 2.41. The van der Waals surface area contributed by atoms with Crippen LogP contribution >= 0.6 is 0 Å². The summed E-state index contributed by atoms with van der Waals surface area (Å²) in [5, 5.41) is 0. The summed E-state index contributed by atoms with van der Waals surface area (Å²) in [7, 11) is 1.69. The summed E-state index contributed by atoms with van der Waals surface area (Å²) < 4.78 is 11.2. The Balaban J connectivity index is 1.76. The molecule has 0 aliphatic heterocycles. The lowest BCUT2D eigenvalue weighted by molar-refractivity contribution is 0.0733. The maximum Gasteiger partial charge on any atom is 0.343 e. The van der Waals surface area contributed by atoms with Gasteiger partial charge in [-0.15, -0.1) is 0 Å². The molecule has 166 valence electrons. The lowest BCUT2D eigenvalue weighted by Crippen LogP contribution is -2.25. The van der Waals surface area contributed by atoms with E-state index < -0.39 is 5.41 Å². The monoisotopic (exact) mass is 436 g/mol. The Hall–Kier alpha value is -3.85. The molecule has 0 amide bonds. The number of carbonyl (C=O) groups is 1. The van der Waals surface area contributed by atoms with Crippen LogP contribution in [0.5, 0.6) is 11.5 Å². The zero-order valence-electron chi connectivity index (χ0n) is 19.5. The smallest absolute Gasteiger partial charge is 0.343 e. The van der Waals surface area contributed by atoms with E-state index in [-0.39, 0.29) is 5.97 Å². The number of carbonyl (C=O) groups excluding carboxylic acids is 1. The summed E-state index contributed by atoms with van der Waals surface area (Å²) in [6, 6.07) is 31.9. The fraction of sp³-hybridized carbons (Fsp3) is 0.167. The Morgan fingerprint density at radius 3 is 1.70 bits per heavy atom. The highest BCUT2D eigenvalue weighted by Gasteiger charge is 2.32. The average Bonchev–Trinajstić information content (AvgIpc) is 2.85. The lowest BCUT2D eigenvalue weighted by Gasteiger charge is -2.33. The number of esters is 1. The molecule has 0 saturated heterocycles. The zero-order valence-corrected chi connectivity index (χ0v) is 19.5. The lowest BCUT2D eigenvalue weighted by atomic mass is 9.70. The number of hydrogen-bond acceptors (Lipinski definition) is 3. The topological polar surface area (TPSA) is 35.5 Å². The van der Waals surface area contributed by atoms with Crippen LogP contribution in [0.1, 0.15) is 45.1 Å². The fourth-order valence-electron chi connectivity index (χ4n) is 4.27. The predicted octanol–water partition coefficient (Wildman–Crippen LogP) is 6.89. The van der Waals surface area contributed by atoms with E-state index in [1.165, 1.54) is 11.1 Å². The second-order valence-electron chi connectivity index (χ2n) is 8.41. The first kappa shape index (κ1) is 22.3. The van der Waals surface area contributed by atoms with Crippen LogP contribution < -0.4 is 9.47 Å². The average molecular weight is 437 g/mol. The predicted molar refractivity (Wildman–Crippen MR) is 132 cm³/mol. The summed E-state index contributed by atoms with van der Waals surface area (Å²) in [6.07, 6.45) is 0. The van der Waals surface area contributed by atoms with Crippen LogP contribution in [-0.4, -0.2) is 13.1 Å². The van der Waals surface area contributed by atoms with Crippen molar-refractivity contribution in [3.63, 3.8) is 0 Å². The molecule has 0 aliphatic carbocycles. The molecule has 0 aliphatic rings. The molecule has 0 heterocycles. The quantitative estimate of drug-likeness (QED) is 0.188. The van der Waals surface area contributed by atoms with Gasteiger partial charge >= 0.3 is 5.97 Å². The molecular weight excluding hydrogens is 408 g/mol. The standard InChI is InChI=1S/C30H28O3/c1-21-19-25(15-17-27(21)32-4)30(3,24-13-9-6-10-14-24)26-16-18-28(22(2)20-26)33-29(31)23-11-7-5-8-12-23/h5-20H,1-4H3. The van der Waals surface area contributed by atoms with E-state index in [1.54, 1.807) is 19.2 Å². The van der Waals surface area contributed by atoms with Crippen LogP contribution in [0, 0.1) is 13.8 Å². The van der Waals surface area contributed by atoms with Crippen LogP contribution in [0.4, 0.5) is 0 Å². The first-order chi connectivity index (χ1) is 15.9. The maximum atomic E-state index is 12.6. The summed E-state index contributed by atoms with van der Waals surface area (Å²) in [6.45, 7) is 6.26. The number of aryl methyl sites for hydroxylation is 2. The van der Waals surface area contributed by atoms with E-state index >= 15 is 0 Å². The minimum atomic E-state index is -0.398. The van der Waals surface area contributed by atoms with Crippen molar-refractivity contribution < 1.29 is 14.3 Å². The summed E-state index contributed by atoms with van der Waals surface area (Å²) in [5.74, 6) is 1.07. The Labute approximate surface area is 195 Å². The van der Waals surface area contributed by atoms with Gasteiger partial charge in [0.15, 0.2) is 0 Å². The Bertz CT molecular complexity index is 1260. The van der Waals surface area contributed by atoms with Gasteiger partial charge in [0, 0.05) is 5.41 Å². The summed E-state index contributed by atoms with van der Waals surface area (Å²) >= 11 is 0. The summed E-state index contributed by atoms with van der Waals surface area (Å²) in [4.78, 5) is 12.6.